The first kappa shape index (κ1) is 13.1. The number of nitrogens with zero attached hydrogens (tertiary/aromatic N) is 2. The molecule has 0 unspecified atom stereocenters. The van der Waals surface area contributed by atoms with Gasteiger partial charge >= 0.3 is 5.97 Å². The summed E-state index contributed by atoms with van der Waals surface area (Å²) in [5.41, 5.74) is 3.09. The number of aromatic nitrogens is 2. The molecule has 3 rings (SSSR count). The van der Waals surface area contributed by atoms with E-state index in [1.807, 2.05) is 25.1 Å². The van der Waals surface area contributed by atoms with Crippen molar-refractivity contribution in [2.45, 2.75) is 6.92 Å². The Morgan fingerprint density at radius 1 is 1.14 bits per heavy atom. The van der Waals surface area contributed by atoms with Gasteiger partial charge in [0.25, 0.3) is 0 Å². The summed E-state index contributed by atoms with van der Waals surface area (Å²) in [5, 5.41) is 13.1. The maximum atomic E-state index is 10.8. The number of carboxylic acids is 1. The molecule has 0 fully saturated rings. The molecule has 0 saturated heterocycles. The molecule has 104 valence electrons. The Hall–Kier alpha value is -2.95. The molecule has 5 nitrogen and oxygen atoms in total. The number of hydrogen-bond donors (Lipinski definition) is 2. The van der Waals surface area contributed by atoms with Crippen molar-refractivity contribution in [1.29, 1.82) is 0 Å². The van der Waals surface area contributed by atoms with Crippen molar-refractivity contribution in [2.24, 2.45) is 0 Å². The van der Waals surface area contributed by atoms with Crippen molar-refractivity contribution in [3.8, 4) is 0 Å². The molecule has 0 amide bonds. The molecule has 21 heavy (non-hydrogen) atoms. The van der Waals surface area contributed by atoms with Crippen LogP contribution in [0.1, 0.15) is 15.9 Å². The molecular formula is C16H13N3O2. The quantitative estimate of drug-likeness (QED) is 0.768. The molecule has 2 N–H and O–H groups in total. The van der Waals surface area contributed by atoms with E-state index in [1.54, 1.807) is 12.3 Å². The van der Waals surface area contributed by atoms with E-state index in [1.165, 1.54) is 12.3 Å². The van der Waals surface area contributed by atoms with Crippen LogP contribution in [0.4, 0.5) is 11.5 Å². The van der Waals surface area contributed by atoms with Gasteiger partial charge in [-0.15, -0.1) is 0 Å². The predicted octanol–water partition coefficient (Wildman–Crippen LogP) is 3.38. The molecule has 5 heteroatoms. The highest BCUT2D eigenvalue weighted by Crippen LogP contribution is 2.25. The second kappa shape index (κ2) is 5.20. The lowest BCUT2D eigenvalue weighted by atomic mass is 10.1. The summed E-state index contributed by atoms with van der Waals surface area (Å²) in [7, 11) is 0. The zero-order valence-electron chi connectivity index (χ0n) is 11.4. The van der Waals surface area contributed by atoms with Crippen LogP contribution in [-0.4, -0.2) is 21.0 Å². The van der Waals surface area contributed by atoms with Crippen LogP contribution in [-0.2, 0) is 0 Å². The standard InChI is InChI=1S/C16H13N3O2/c1-10-2-4-13-12(8-10)14(6-7-17-13)19-15-5-3-11(9-18-15)16(20)21/h2-9H,1H3,(H,20,21)(H,17,18,19). The van der Waals surface area contributed by atoms with Crippen molar-refractivity contribution >= 4 is 28.4 Å². The molecular weight excluding hydrogens is 266 g/mol. The summed E-state index contributed by atoms with van der Waals surface area (Å²) in [5.74, 6) is -0.395. The zero-order chi connectivity index (χ0) is 14.8. The molecule has 0 radical (unpaired) electrons. The zero-order valence-corrected chi connectivity index (χ0v) is 11.4. The number of carboxylic acid groups (broad SMARTS) is 1. The largest absolute Gasteiger partial charge is 0.478 e. The normalized spacial score (nSPS) is 10.5. The third-order valence-electron chi connectivity index (χ3n) is 3.17. The summed E-state index contributed by atoms with van der Waals surface area (Å²) >= 11 is 0. The van der Waals surface area contributed by atoms with Crippen LogP contribution >= 0.6 is 0 Å². The number of anilines is 2. The van der Waals surface area contributed by atoms with Gasteiger partial charge in [0, 0.05) is 17.8 Å². The van der Waals surface area contributed by atoms with Gasteiger partial charge in [-0.25, -0.2) is 9.78 Å². The minimum Gasteiger partial charge on any atom is -0.478 e. The minimum atomic E-state index is -0.987. The first-order chi connectivity index (χ1) is 10.1. The van der Waals surface area contributed by atoms with E-state index in [4.69, 9.17) is 5.11 Å². The summed E-state index contributed by atoms with van der Waals surface area (Å²) in [6.07, 6.45) is 3.06. The molecule has 2 aromatic heterocycles. The summed E-state index contributed by atoms with van der Waals surface area (Å²) in [6, 6.07) is 11.1. The van der Waals surface area contributed by atoms with Crippen LogP contribution in [0.25, 0.3) is 10.9 Å². The first-order valence-electron chi connectivity index (χ1n) is 6.45. The average molecular weight is 279 g/mol. The second-order valence-corrected chi connectivity index (χ2v) is 4.74. The van der Waals surface area contributed by atoms with Gasteiger partial charge < -0.3 is 10.4 Å². The van der Waals surface area contributed by atoms with Gasteiger partial charge in [0.1, 0.15) is 5.82 Å². The van der Waals surface area contributed by atoms with Crippen LogP contribution in [0.2, 0.25) is 0 Å². The number of fused-ring (bicyclic) bond motifs is 1. The highest BCUT2D eigenvalue weighted by molar-refractivity contribution is 5.93. The highest BCUT2D eigenvalue weighted by atomic mass is 16.4. The molecule has 0 bridgehead atoms. The van der Waals surface area contributed by atoms with Crippen molar-refractivity contribution in [3.05, 3.63) is 59.9 Å². The molecule has 0 atom stereocenters. The number of nitrogens with one attached hydrogen (secondary N) is 1. The molecule has 0 aliphatic heterocycles. The maximum absolute atomic E-state index is 10.8. The molecule has 2 heterocycles. The Bertz CT molecular complexity index is 813. The van der Waals surface area contributed by atoms with E-state index in [-0.39, 0.29) is 5.56 Å². The summed E-state index contributed by atoms with van der Waals surface area (Å²) in [4.78, 5) is 19.3. The van der Waals surface area contributed by atoms with E-state index >= 15 is 0 Å². The van der Waals surface area contributed by atoms with E-state index < -0.39 is 5.97 Å². The lowest BCUT2D eigenvalue weighted by Crippen LogP contribution is -1.99. The van der Waals surface area contributed by atoms with Crippen molar-refractivity contribution in [3.63, 3.8) is 0 Å². The van der Waals surface area contributed by atoms with Gasteiger partial charge in [-0.1, -0.05) is 11.6 Å². The highest BCUT2D eigenvalue weighted by Gasteiger charge is 2.05. The van der Waals surface area contributed by atoms with E-state index in [2.05, 4.69) is 21.4 Å². The van der Waals surface area contributed by atoms with Crippen molar-refractivity contribution in [1.82, 2.24) is 9.97 Å². The topological polar surface area (TPSA) is 75.1 Å². The van der Waals surface area contributed by atoms with Crippen molar-refractivity contribution in [2.75, 3.05) is 5.32 Å². The lowest BCUT2D eigenvalue weighted by Gasteiger charge is -2.09. The van der Waals surface area contributed by atoms with Crippen LogP contribution in [0, 0.1) is 6.92 Å². The number of hydrogen-bond acceptors (Lipinski definition) is 4. The maximum Gasteiger partial charge on any atom is 0.337 e. The number of pyridine rings is 2. The molecule has 0 spiro atoms. The smallest absolute Gasteiger partial charge is 0.337 e. The van der Waals surface area contributed by atoms with E-state index in [9.17, 15) is 4.79 Å². The molecule has 3 aromatic rings. The fraction of sp³-hybridized carbons (Fsp3) is 0.0625. The summed E-state index contributed by atoms with van der Waals surface area (Å²) < 4.78 is 0. The van der Waals surface area contributed by atoms with E-state index in [0.717, 1.165) is 22.2 Å². The number of rotatable bonds is 3. The van der Waals surface area contributed by atoms with Crippen LogP contribution in [0.3, 0.4) is 0 Å². The number of aryl methyl sites for hydroxylation is 1. The number of carbonyl (C=O) groups is 1. The van der Waals surface area contributed by atoms with Gasteiger partial charge in [-0.05, 0) is 37.3 Å². The molecule has 0 aliphatic rings. The second-order valence-electron chi connectivity index (χ2n) is 4.74. The minimum absolute atomic E-state index is 0.163. The first-order valence-corrected chi connectivity index (χ1v) is 6.45. The van der Waals surface area contributed by atoms with Gasteiger partial charge in [0.2, 0.25) is 0 Å². The fourth-order valence-corrected chi connectivity index (χ4v) is 2.10. The molecule has 0 saturated carbocycles. The van der Waals surface area contributed by atoms with Crippen LogP contribution in [0.5, 0.6) is 0 Å². The lowest BCUT2D eigenvalue weighted by molar-refractivity contribution is 0.0696. The molecule has 0 aliphatic carbocycles. The summed E-state index contributed by atoms with van der Waals surface area (Å²) in [6.45, 7) is 2.02. The van der Waals surface area contributed by atoms with Gasteiger partial charge in [0.05, 0.1) is 16.8 Å². The van der Waals surface area contributed by atoms with Gasteiger partial charge in [0.15, 0.2) is 0 Å². The third kappa shape index (κ3) is 2.67. The van der Waals surface area contributed by atoms with Crippen LogP contribution < -0.4 is 5.32 Å². The Morgan fingerprint density at radius 2 is 2.00 bits per heavy atom. The van der Waals surface area contributed by atoms with Gasteiger partial charge in [-0.3, -0.25) is 4.98 Å². The Balaban J connectivity index is 1.97. The molecule has 1 aromatic carbocycles. The third-order valence-corrected chi connectivity index (χ3v) is 3.17. The average Bonchev–Trinajstić information content (AvgIpc) is 2.48. The Kier molecular flexibility index (Phi) is 3.23. The number of benzene rings is 1. The van der Waals surface area contributed by atoms with Crippen LogP contribution in [0.15, 0.2) is 48.8 Å². The van der Waals surface area contributed by atoms with Gasteiger partial charge in [-0.2, -0.15) is 0 Å². The number of aromatic carboxylic acids is 1. The Labute approximate surface area is 121 Å². The van der Waals surface area contributed by atoms with E-state index in [0.29, 0.717) is 5.82 Å². The monoisotopic (exact) mass is 279 g/mol. The Morgan fingerprint density at radius 3 is 2.71 bits per heavy atom. The SMILES string of the molecule is Cc1ccc2nccc(Nc3ccc(C(=O)O)cn3)c2c1. The van der Waals surface area contributed by atoms with Crippen molar-refractivity contribution < 1.29 is 9.90 Å². The fourth-order valence-electron chi connectivity index (χ4n) is 2.10. The predicted molar refractivity (Wildman–Crippen MR) is 81.0 cm³/mol.